The summed E-state index contributed by atoms with van der Waals surface area (Å²) in [6.07, 6.45) is -1.25. The Hall–Kier alpha value is -1.16. The van der Waals surface area contributed by atoms with E-state index in [1.165, 1.54) is 0 Å². The van der Waals surface area contributed by atoms with Crippen molar-refractivity contribution in [3.63, 3.8) is 0 Å². The average Bonchev–Trinajstić information content (AvgIpc) is 2.08. The summed E-state index contributed by atoms with van der Waals surface area (Å²) in [5.74, 6) is 0.555. The Labute approximate surface area is 80.9 Å². The molecule has 0 heterocycles. The van der Waals surface area contributed by atoms with Crippen LogP contribution in [0.1, 0.15) is 11.1 Å². The molecule has 70 valence electrons. The third-order valence-corrected chi connectivity index (χ3v) is 2.30. The van der Waals surface area contributed by atoms with Crippen LogP contribution in [0, 0.1) is 6.92 Å². The lowest BCUT2D eigenvalue weighted by molar-refractivity contribution is 0.153. The van der Waals surface area contributed by atoms with Gasteiger partial charge in [-0.05, 0) is 18.1 Å². The average molecular weight is 198 g/mol. The molecule has 1 aromatic rings. The Morgan fingerprint density at radius 3 is 2.85 bits per heavy atom. The molecule has 0 aliphatic carbocycles. The molecule has 1 rings (SSSR count). The molecule has 0 unspecified atom stereocenters. The van der Waals surface area contributed by atoms with Crippen molar-refractivity contribution in [3.8, 4) is 0 Å². The number of carboxylic acid groups (broad SMARTS) is 1. The quantitative estimate of drug-likeness (QED) is 0.758. The summed E-state index contributed by atoms with van der Waals surface area (Å²) in [6.45, 7) is 1.98. The van der Waals surface area contributed by atoms with E-state index in [4.69, 9.17) is 5.11 Å². The summed E-state index contributed by atoms with van der Waals surface area (Å²) in [7, 11) is 0. The van der Waals surface area contributed by atoms with Gasteiger partial charge in [0.1, 0.15) is 0 Å². The fraction of sp³-hybridized carbons (Fsp3) is 0.222. The van der Waals surface area contributed by atoms with Gasteiger partial charge in [0.05, 0.1) is 17.8 Å². The third kappa shape index (κ3) is 3.38. The zero-order valence-electron chi connectivity index (χ0n) is 7.19. The Morgan fingerprint density at radius 1 is 1.54 bits per heavy atom. The van der Waals surface area contributed by atoms with Crippen molar-refractivity contribution < 1.29 is 14.1 Å². The molecule has 1 aromatic carbocycles. The van der Waals surface area contributed by atoms with Gasteiger partial charge in [-0.1, -0.05) is 24.3 Å². The van der Waals surface area contributed by atoms with Gasteiger partial charge in [0.25, 0.3) is 0 Å². The normalized spacial score (nSPS) is 9.62. The monoisotopic (exact) mass is 198 g/mol. The van der Waals surface area contributed by atoms with Crippen molar-refractivity contribution in [1.82, 2.24) is 0 Å². The van der Waals surface area contributed by atoms with Gasteiger partial charge in [-0.15, -0.1) is 0 Å². The highest BCUT2D eigenvalue weighted by atomic mass is 32.2. The maximum atomic E-state index is 10.0. The highest BCUT2D eigenvalue weighted by Crippen LogP contribution is 2.16. The highest BCUT2D eigenvalue weighted by Gasteiger charge is 2.00. The van der Waals surface area contributed by atoms with Crippen LogP contribution in [0.25, 0.3) is 0 Å². The number of hydrogen-bond donors (Lipinski definition) is 1. The largest absolute Gasteiger partial charge is 0.518 e. The van der Waals surface area contributed by atoms with E-state index < -0.39 is 6.16 Å². The summed E-state index contributed by atoms with van der Waals surface area (Å²) < 4.78 is 4.33. The molecule has 0 aliphatic heterocycles. The predicted octanol–water partition coefficient (Wildman–Crippen LogP) is 2.84. The lowest BCUT2D eigenvalue weighted by Gasteiger charge is -2.02. The van der Waals surface area contributed by atoms with Crippen LogP contribution in [0.15, 0.2) is 24.3 Å². The zero-order valence-corrected chi connectivity index (χ0v) is 8.00. The van der Waals surface area contributed by atoms with Crippen molar-refractivity contribution in [2.75, 3.05) is 0 Å². The van der Waals surface area contributed by atoms with Gasteiger partial charge < -0.3 is 9.29 Å². The van der Waals surface area contributed by atoms with Crippen LogP contribution in [0.2, 0.25) is 0 Å². The lowest BCUT2D eigenvalue weighted by atomic mass is 10.1. The highest BCUT2D eigenvalue weighted by molar-refractivity contribution is 7.94. The van der Waals surface area contributed by atoms with Gasteiger partial charge in [-0.2, -0.15) is 0 Å². The summed E-state index contributed by atoms with van der Waals surface area (Å²) in [4.78, 5) is 10.0. The first-order valence-electron chi connectivity index (χ1n) is 3.77. The van der Waals surface area contributed by atoms with Crippen LogP contribution >= 0.6 is 12.0 Å². The maximum Gasteiger partial charge on any atom is 0.518 e. The Bertz CT molecular complexity index is 299. The van der Waals surface area contributed by atoms with Gasteiger partial charge in [0.2, 0.25) is 0 Å². The molecule has 0 bridgehead atoms. The Morgan fingerprint density at radius 2 is 2.23 bits per heavy atom. The minimum Gasteiger partial charge on any atom is -0.449 e. The molecule has 0 spiro atoms. The van der Waals surface area contributed by atoms with E-state index in [2.05, 4.69) is 4.18 Å². The van der Waals surface area contributed by atoms with E-state index in [1.54, 1.807) is 0 Å². The van der Waals surface area contributed by atoms with E-state index in [1.807, 2.05) is 31.2 Å². The van der Waals surface area contributed by atoms with Crippen molar-refractivity contribution in [2.24, 2.45) is 0 Å². The smallest absolute Gasteiger partial charge is 0.449 e. The molecule has 3 nitrogen and oxygen atoms in total. The molecule has 1 N–H and O–H groups in total. The number of hydrogen-bond acceptors (Lipinski definition) is 3. The second-order valence-electron chi connectivity index (χ2n) is 2.54. The molecule has 0 atom stereocenters. The van der Waals surface area contributed by atoms with Gasteiger partial charge >= 0.3 is 6.16 Å². The molecule has 0 amide bonds. The molecule has 13 heavy (non-hydrogen) atoms. The standard InChI is InChI=1S/C9H10O3S/c1-7-4-2-3-5-8(7)6-13-12-9(10)11/h2-5H,6H2,1H3,(H,10,11). The van der Waals surface area contributed by atoms with Crippen LogP contribution in [-0.4, -0.2) is 11.3 Å². The van der Waals surface area contributed by atoms with Crippen LogP contribution in [0.3, 0.4) is 0 Å². The van der Waals surface area contributed by atoms with Gasteiger partial charge in [-0.25, -0.2) is 4.79 Å². The Kier molecular flexibility index (Phi) is 3.64. The van der Waals surface area contributed by atoms with Crippen LogP contribution in [0.5, 0.6) is 0 Å². The second-order valence-corrected chi connectivity index (χ2v) is 3.23. The first kappa shape index (κ1) is 9.92. The first-order chi connectivity index (χ1) is 6.20. The molecule has 0 saturated heterocycles. The molecular formula is C9H10O3S. The van der Waals surface area contributed by atoms with Crippen LogP contribution in [0.4, 0.5) is 4.79 Å². The molecule has 4 heteroatoms. The second kappa shape index (κ2) is 4.77. The summed E-state index contributed by atoms with van der Waals surface area (Å²) in [5.41, 5.74) is 2.23. The summed E-state index contributed by atoms with van der Waals surface area (Å²) in [6, 6.07) is 7.80. The van der Waals surface area contributed by atoms with Crippen molar-refractivity contribution in [2.45, 2.75) is 12.7 Å². The number of benzene rings is 1. The van der Waals surface area contributed by atoms with Gasteiger partial charge in [0.15, 0.2) is 0 Å². The van der Waals surface area contributed by atoms with E-state index in [0.717, 1.165) is 23.2 Å². The van der Waals surface area contributed by atoms with E-state index in [-0.39, 0.29) is 0 Å². The van der Waals surface area contributed by atoms with Gasteiger partial charge in [0, 0.05) is 0 Å². The van der Waals surface area contributed by atoms with Crippen molar-refractivity contribution in [3.05, 3.63) is 35.4 Å². The molecular weight excluding hydrogens is 188 g/mol. The SMILES string of the molecule is Cc1ccccc1CSOC(=O)O. The number of rotatable bonds is 3. The molecule has 0 aromatic heterocycles. The third-order valence-electron chi connectivity index (χ3n) is 1.61. The fourth-order valence-corrected chi connectivity index (χ4v) is 1.53. The van der Waals surface area contributed by atoms with E-state index in [0.29, 0.717) is 5.75 Å². The van der Waals surface area contributed by atoms with Gasteiger partial charge in [-0.3, -0.25) is 0 Å². The minimum absolute atomic E-state index is 0.555. The van der Waals surface area contributed by atoms with Crippen LogP contribution < -0.4 is 0 Å². The number of carbonyl (C=O) groups is 1. The predicted molar refractivity (Wildman–Crippen MR) is 51.6 cm³/mol. The van der Waals surface area contributed by atoms with E-state index in [9.17, 15) is 4.79 Å². The summed E-state index contributed by atoms with van der Waals surface area (Å²) >= 11 is 0.929. The molecule has 0 saturated carbocycles. The first-order valence-corrected chi connectivity index (χ1v) is 4.68. The van der Waals surface area contributed by atoms with Crippen molar-refractivity contribution in [1.29, 1.82) is 0 Å². The minimum atomic E-state index is -1.25. The zero-order chi connectivity index (χ0) is 9.68. The van der Waals surface area contributed by atoms with E-state index >= 15 is 0 Å². The molecule has 0 aliphatic rings. The van der Waals surface area contributed by atoms with Crippen molar-refractivity contribution >= 4 is 18.2 Å². The maximum absolute atomic E-state index is 10.0. The number of aryl methyl sites for hydroxylation is 1. The fourth-order valence-electron chi connectivity index (χ4n) is 0.915. The summed E-state index contributed by atoms with van der Waals surface area (Å²) in [5, 5.41) is 8.22. The van der Waals surface area contributed by atoms with Crippen LogP contribution in [-0.2, 0) is 9.94 Å². The topological polar surface area (TPSA) is 46.5 Å². The Balaban J connectivity index is 2.45. The molecule has 0 radical (unpaired) electrons. The molecule has 0 fully saturated rings. The lowest BCUT2D eigenvalue weighted by Crippen LogP contribution is -1.93.